The maximum atomic E-state index is 12.6. The number of sulfonamides is 1. The maximum Gasteiger partial charge on any atom is 0.297 e. The van der Waals surface area contributed by atoms with E-state index in [-0.39, 0.29) is 17.4 Å². The average molecular weight is 293 g/mol. The molecule has 0 radical (unpaired) electrons. The monoisotopic (exact) mass is 293 g/mol. The van der Waals surface area contributed by atoms with Crippen LogP contribution in [0.5, 0.6) is 0 Å². The van der Waals surface area contributed by atoms with Crippen molar-refractivity contribution in [3.8, 4) is 0 Å². The van der Waals surface area contributed by atoms with Crippen LogP contribution in [0.25, 0.3) is 0 Å². The molecule has 6 heteroatoms. The number of hydrogen-bond donors (Lipinski definition) is 0. The molecule has 106 valence electrons. The van der Waals surface area contributed by atoms with E-state index < -0.39 is 10.0 Å². The Kier molecular flexibility index (Phi) is 3.94. The summed E-state index contributed by atoms with van der Waals surface area (Å²) in [6.07, 6.45) is 0.475. The number of nitrogens with zero attached hydrogens (tertiary/aromatic N) is 1. The fraction of sp³-hybridized carbons (Fsp3) is 0.214. The molecule has 2 aromatic rings. The third-order valence-corrected chi connectivity index (χ3v) is 4.70. The molecule has 0 atom stereocenters. The summed E-state index contributed by atoms with van der Waals surface area (Å²) in [6.45, 7) is 3.85. The first-order valence-corrected chi connectivity index (χ1v) is 7.58. The Labute approximate surface area is 117 Å². The molecule has 0 aliphatic heterocycles. The molecule has 0 saturated heterocycles. The minimum absolute atomic E-state index is 0.00980. The van der Waals surface area contributed by atoms with Gasteiger partial charge in [0.2, 0.25) is 5.09 Å². The molecule has 0 aliphatic carbocycles. The molecule has 0 aliphatic rings. The Bertz CT molecular complexity index is 718. The van der Waals surface area contributed by atoms with Crippen molar-refractivity contribution in [1.29, 1.82) is 0 Å². The second-order valence-electron chi connectivity index (χ2n) is 4.23. The van der Waals surface area contributed by atoms with Crippen LogP contribution in [0.4, 0.5) is 5.69 Å². The Balaban J connectivity index is 2.50. The summed E-state index contributed by atoms with van der Waals surface area (Å²) in [6, 6.07) is 9.83. The van der Waals surface area contributed by atoms with Crippen LogP contribution in [0.3, 0.4) is 0 Å². The standard InChI is InChI=1S/C14H15NO4S/c1-3-15(13-7-5-4-6-11(13)2)20(17,18)14-9-8-12(10-16)19-14/h4-10H,3H2,1-2H3. The molecule has 20 heavy (non-hydrogen) atoms. The molecule has 0 saturated carbocycles. The molecule has 1 aromatic carbocycles. The van der Waals surface area contributed by atoms with E-state index in [1.165, 1.54) is 16.4 Å². The van der Waals surface area contributed by atoms with E-state index in [0.29, 0.717) is 12.0 Å². The predicted octanol–water partition coefficient (Wildman–Crippen LogP) is 2.62. The summed E-state index contributed by atoms with van der Waals surface area (Å²) < 4.78 is 31.4. The molecule has 0 bridgehead atoms. The highest BCUT2D eigenvalue weighted by atomic mass is 32.2. The fourth-order valence-electron chi connectivity index (χ4n) is 1.96. The van der Waals surface area contributed by atoms with E-state index >= 15 is 0 Å². The van der Waals surface area contributed by atoms with Gasteiger partial charge in [-0.25, -0.2) is 0 Å². The van der Waals surface area contributed by atoms with E-state index in [9.17, 15) is 13.2 Å². The lowest BCUT2D eigenvalue weighted by molar-refractivity contribution is 0.109. The molecule has 1 heterocycles. The number of carbonyl (C=O) groups excluding carboxylic acids is 1. The molecule has 5 nitrogen and oxygen atoms in total. The van der Waals surface area contributed by atoms with Crippen LogP contribution in [0.2, 0.25) is 0 Å². The number of carbonyl (C=O) groups is 1. The van der Waals surface area contributed by atoms with Gasteiger partial charge in [0.05, 0.1) is 5.69 Å². The summed E-state index contributed by atoms with van der Waals surface area (Å²) in [5.74, 6) is -0.00980. The molecule has 1 aromatic heterocycles. The zero-order valence-electron chi connectivity index (χ0n) is 11.2. The van der Waals surface area contributed by atoms with Crippen LogP contribution in [0.1, 0.15) is 23.0 Å². The van der Waals surface area contributed by atoms with Gasteiger partial charge < -0.3 is 4.42 Å². The van der Waals surface area contributed by atoms with Crippen LogP contribution in [-0.2, 0) is 10.0 Å². The van der Waals surface area contributed by atoms with Crippen molar-refractivity contribution in [2.24, 2.45) is 0 Å². The fourth-order valence-corrected chi connectivity index (χ4v) is 3.42. The maximum absolute atomic E-state index is 12.6. The van der Waals surface area contributed by atoms with Crippen LogP contribution in [-0.4, -0.2) is 21.2 Å². The highest BCUT2D eigenvalue weighted by Crippen LogP contribution is 2.27. The quantitative estimate of drug-likeness (QED) is 0.795. The lowest BCUT2D eigenvalue weighted by Crippen LogP contribution is -2.31. The van der Waals surface area contributed by atoms with Crippen LogP contribution < -0.4 is 4.31 Å². The summed E-state index contributed by atoms with van der Waals surface area (Å²) in [4.78, 5) is 10.6. The second kappa shape index (κ2) is 5.50. The van der Waals surface area contributed by atoms with Crippen molar-refractivity contribution in [2.75, 3.05) is 10.8 Å². The SMILES string of the molecule is CCN(c1ccccc1C)S(=O)(=O)c1ccc(C=O)o1. The summed E-state index contributed by atoms with van der Waals surface area (Å²) in [5.41, 5.74) is 1.44. The van der Waals surface area contributed by atoms with Gasteiger partial charge in [0.25, 0.3) is 10.0 Å². The van der Waals surface area contributed by atoms with Gasteiger partial charge in [-0.1, -0.05) is 18.2 Å². The second-order valence-corrected chi connectivity index (χ2v) is 6.02. The summed E-state index contributed by atoms with van der Waals surface area (Å²) in [7, 11) is -3.81. The van der Waals surface area contributed by atoms with Gasteiger partial charge in [-0.2, -0.15) is 8.42 Å². The number of furan rings is 1. The lowest BCUT2D eigenvalue weighted by atomic mass is 10.2. The van der Waals surface area contributed by atoms with Gasteiger partial charge in [-0.15, -0.1) is 0 Å². The Morgan fingerprint density at radius 2 is 1.90 bits per heavy atom. The predicted molar refractivity (Wildman–Crippen MR) is 75.5 cm³/mol. The topological polar surface area (TPSA) is 67.6 Å². The highest BCUT2D eigenvalue weighted by molar-refractivity contribution is 7.92. The third-order valence-electron chi connectivity index (χ3n) is 2.93. The number of aryl methyl sites for hydroxylation is 1. The Morgan fingerprint density at radius 3 is 2.45 bits per heavy atom. The first-order chi connectivity index (χ1) is 9.50. The van der Waals surface area contributed by atoms with Crippen molar-refractivity contribution in [1.82, 2.24) is 0 Å². The Hall–Kier alpha value is -2.08. The van der Waals surface area contributed by atoms with Gasteiger partial charge in [-0.05, 0) is 37.6 Å². The van der Waals surface area contributed by atoms with E-state index in [4.69, 9.17) is 4.42 Å². The van der Waals surface area contributed by atoms with Gasteiger partial charge >= 0.3 is 0 Å². The molecule has 0 N–H and O–H groups in total. The largest absolute Gasteiger partial charge is 0.440 e. The molecule has 0 unspecified atom stereocenters. The van der Waals surface area contributed by atoms with Crippen molar-refractivity contribution in [3.05, 3.63) is 47.7 Å². The van der Waals surface area contributed by atoms with Crippen LogP contribution in [0.15, 0.2) is 45.9 Å². The van der Waals surface area contributed by atoms with Crippen LogP contribution in [0, 0.1) is 6.92 Å². The lowest BCUT2D eigenvalue weighted by Gasteiger charge is -2.23. The molecular weight excluding hydrogens is 278 g/mol. The number of para-hydroxylation sites is 1. The average Bonchev–Trinajstić information content (AvgIpc) is 2.91. The van der Waals surface area contributed by atoms with Gasteiger partial charge in [-0.3, -0.25) is 9.10 Å². The van der Waals surface area contributed by atoms with E-state index in [0.717, 1.165) is 5.56 Å². The van der Waals surface area contributed by atoms with E-state index in [1.54, 1.807) is 19.1 Å². The van der Waals surface area contributed by atoms with E-state index in [2.05, 4.69) is 0 Å². The van der Waals surface area contributed by atoms with E-state index in [1.807, 2.05) is 19.1 Å². The van der Waals surface area contributed by atoms with Gasteiger partial charge in [0.15, 0.2) is 12.0 Å². The third kappa shape index (κ3) is 2.46. The smallest absolute Gasteiger partial charge is 0.297 e. The van der Waals surface area contributed by atoms with Crippen molar-refractivity contribution in [3.63, 3.8) is 0 Å². The first-order valence-electron chi connectivity index (χ1n) is 6.14. The summed E-state index contributed by atoms with van der Waals surface area (Å²) >= 11 is 0. The van der Waals surface area contributed by atoms with Gasteiger partial charge in [0, 0.05) is 6.54 Å². The van der Waals surface area contributed by atoms with Crippen molar-refractivity contribution >= 4 is 22.0 Å². The van der Waals surface area contributed by atoms with Crippen molar-refractivity contribution < 1.29 is 17.6 Å². The highest BCUT2D eigenvalue weighted by Gasteiger charge is 2.27. The molecule has 0 fully saturated rings. The van der Waals surface area contributed by atoms with Gasteiger partial charge in [0.1, 0.15) is 0 Å². The number of rotatable bonds is 5. The Morgan fingerprint density at radius 1 is 1.20 bits per heavy atom. The van der Waals surface area contributed by atoms with Crippen molar-refractivity contribution in [2.45, 2.75) is 18.9 Å². The molecule has 2 rings (SSSR count). The number of benzene rings is 1. The molecule has 0 amide bonds. The molecular formula is C14H15NO4S. The summed E-state index contributed by atoms with van der Waals surface area (Å²) in [5, 5.41) is -0.232. The zero-order chi connectivity index (χ0) is 14.8. The number of anilines is 1. The minimum Gasteiger partial charge on any atom is -0.440 e. The molecule has 0 spiro atoms. The van der Waals surface area contributed by atoms with Crippen LogP contribution >= 0.6 is 0 Å². The zero-order valence-corrected chi connectivity index (χ0v) is 12.1. The number of hydrogen-bond acceptors (Lipinski definition) is 4. The normalized spacial score (nSPS) is 11.3. The first kappa shape index (κ1) is 14.3. The minimum atomic E-state index is -3.81. The number of aldehydes is 1.